The Labute approximate surface area is 194 Å². The third-order valence-corrected chi connectivity index (χ3v) is 6.76. The number of piperazine rings is 1. The summed E-state index contributed by atoms with van der Waals surface area (Å²) < 4.78 is 7.28. The molecule has 2 aliphatic rings. The molecule has 6 heteroatoms. The van der Waals surface area contributed by atoms with Crippen molar-refractivity contribution in [3.63, 3.8) is 0 Å². The summed E-state index contributed by atoms with van der Waals surface area (Å²) in [5.41, 5.74) is 4.42. The molecule has 5 rings (SSSR count). The van der Waals surface area contributed by atoms with Crippen molar-refractivity contribution in [3.8, 4) is 16.9 Å². The number of hydrogen-bond donors (Lipinski definition) is 0. The molecule has 3 heterocycles. The van der Waals surface area contributed by atoms with Crippen molar-refractivity contribution in [2.75, 3.05) is 33.3 Å². The fraction of sp³-hybridized carbons (Fsp3) is 0.333. The minimum absolute atomic E-state index is 0.0143. The van der Waals surface area contributed by atoms with Crippen LogP contribution in [0, 0.1) is 0 Å². The number of fused-ring (bicyclic) bond motifs is 1. The monoisotopic (exact) mass is 443 g/mol. The molecule has 0 N–H and O–H groups in total. The van der Waals surface area contributed by atoms with Crippen LogP contribution in [0.2, 0.25) is 0 Å². The first-order valence-corrected chi connectivity index (χ1v) is 11.6. The van der Waals surface area contributed by atoms with Crippen LogP contribution in [0.4, 0.5) is 0 Å². The van der Waals surface area contributed by atoms with E-state index in [2.05, 4.69) is 11.0 Å². The van der Waals surface area contributed by atoms with Crippen LogP contribution < -0.4 is 10.3 Å². The van der Waals surface area contributed by atoms with Gasteiger partial charge in [0.1, 0.15) is 5.75 Å². The van der Waals surface area contributed by atoms with E-state index in [4.69, 9.17) is 4.74 Å². The number of pyridine rings is 1. The van der Waals surface area contributed by atoms with Gasteiger partial charge in [0.2, 0.25) is 0 Å². The lowest BCUT2D eigenvalue weighted by Crippen LogP contribution is -2.48. The molecule has 0 spiro atoms. The molecule has 0 unspecified atom stereocenters. The van der Waals surface area contributed by atoms with Gasteiger partial charge in [-0.3, -0.25) is 14.5 Å². The number of amides is 1. The molecule has 0 bridgehead atoms. The van der Waals surface area contributed by atoms with E-state index in [1.165, 1.54) is 0 Å². The molecule has 33 heavy (non-hydrogen) atoms. The van der Waals surface area contributed by atoms with Crippen molar-refractivity contribution >= 4 is 5.91 Å². The van der Waals surface area contributed by atoms with Gasteiger partial charge in [0.05, 0.1) is 12.7 Å². The fourth-order valence-electron chi connectivity index (χ4n) is 5.03. The zero-order valence-electron chi connectivity index (χ0n) is 19.0. The van der Waals surface area contributed by atoms with E-state index in [0.29, 0.717) is 25.2 Å². The quantitative estimate of drug-likeness (QED) is 0.606. The van der Waals surface area contributed by atoms with Crippen molar-refractivity contribution in [2.24, 2.45) is 0 Å². The maximum atomic E-state index is 13.8. The first-order valence-electron chi connectivity index (χ1n) is 11.6. The highest BCUT2D eigenvalue weighted by atomic mass is 16.5. The third-order valence-electron chi connectivity index (χ3n) is 6.76. The Kier molecular flexibility index (Phi) is 6.01. The zero-order valence-corrected chi connectivity index (χ0v) is 19.0. The average Bonchev–Trinajstić information content (AvgIpc) is 3.35. The van der Waals surface area contributed by atoms with E-state index in [1.54, 1.807) is 17.7 Å². The van der Waals surface area contributed by atoms with Gasteiger partial charge in [-0.15, -0.1) is 0 Å². The SMILES string of the molecule is COc1ccccc1CN1CCN(C(=O)c2c(-c3ccccc3)cc(=O)n3c2CCC3)CC1. The Hall–Kier alpha value is -3.38. The number of aromatic nitrogens is 1. The maximum absolute atomic E-state index is 13.8. The second-order valence-corrected chi connectivity index (χ2v) is 8.72. The number of methoxy groups -OCH3 is 1. The lowest BCUT2D eigenvalue weighted by atomic mass is 9.96. The molecule has 0 saturated carbocycles. The molecular weight excluding hydrogens is 414 g/mol. The van der Waals surface area contributed by atoms with Gasteiger partial charge >= 0.3 is 0 Å². The van der Waals surface area contributed by atoms with Crippen molar-refractivity contribution < 1.29 is 9.53 Å². The van der Waals surface area contributed by atoms with Gasteiger partial charge in [0.15, 0.2) is 0 Å². The zero-order chi connectivity index (χ0) is 22.8. The van der Waals surface area contributed by atoms with Crippen molar-refractivity contribution in [2.45, 2.75) is 25.9 Å². The lowest BCUT2D eigenvalue weighted by Gasteiger charge is -2.35. The molecule has 6 nitrogen and oxygen atoms in total. The molecule has 170 valence electrons. The minimum Gasteiger partial charge on any atom is -0.496 e. The molecule has 1 amide bonds. The summed E-state index contributed by atoms with van der Waals surface area (Å²) in [5.74, 6) is 0.935. The maximum Gasteiger partial charge on any atom is 0.256 e. The van der Waals surface area contributed by atoms with Gasteiger partial charge in [-0.1, -0.05) is 48.5 Å². The van der Waals surface area contributed by atoms with Gasteiger partial charge in [0, 0.05) is 62.2 Å². The van der Waals surface area contributed by atoms with Gasteiger partial charge in [-0.05, 0) is 24.5 Å². The van der Waals surface area contributed by atoms with Gasteiger partial charge < -0.3 is 14.2 Å². The van der Waals surface area contributed by atoms with Crippen molar-refractivity contribution in [1.82, 2.24) is 14.4 Å². The van der Waals surface area contributed by atoms with Crippen molar-refractivity contribution in [3.05, 3.63) is 87.8 Å². The average molecular weight is 444 g/mol. The first-order chi connectivity index (χ1) is 16.2. The Balaban J connectivity index is 1.39. The second kappa shape index (κ2) is 9.24. The van der Waals surface area contributed by atoms with Crippen LogP contribution in [0.25, 0.3) is 11.1 Å². The number of nitrogens with zero attached hydrogens (tertiary/aromatic N) is 3. The molecule has 1 fully saturated rings. The molecule has 1 saturated heterocycles. The highest BCUT2D eigenvalue weighted by molar-refractivity contribution is 6.02. The van der Waals surface area contributed by atoms with E-state index in [9.17, 15) is 9.59 Å². The van der Waals surface area contributed by atoms with E-state index in [0.717, 1.165) is 60.6 Å². The second-order valence-electron chi connectivity index (χ2n) is 8.72. The highest BCUT2D eigenvalue weighted by Crippen LogP contribution is 2.30. The molecule has 1 aromatic heterocycles. The summed E-state index contributed by atoms with van der Waals surface area (Å²) >= 11 is 0. The Morgan fingerprint density at radius 2 is 1.67 bits per heavy atom. The number of benzene rings is 2. The summed E-state index contributed by atoms with van der Waals surface area (Å²) in [4.78, 5) is 30.9. The summed E-state index contributed by atoms with van der Waals surface area (Å²) in [6.07, 6.45) is 1.67. The lowest BCUT2D eigenvalue weighted by molar-refractivity contribution is 0.0626. The molecular formula is C27H29N3O3. The normalized spacial score (nSPS) is 16.0. The third kappa shape index (κ3) is 4.18. The number of ether oxygens (including phenoxy) is 1. The van der Waals surface area contributed by atoms with Crippen molar-refractivity contribution in [1.29, 1.82) is 0 Å². The van der Waals surface area contributed by atoms with E-state index in [1.807, 2.05) is 53.4 Å². The Morgan fingerprint density at radius 1 is 0.939 bits per heavy atom. The van der Waals surface area contributed by atoms with Crippen LogP contribution in [0.3, 0.4) is 0 Å². The predicted octanol–water partition coefficient (Wildman–Crippen LogP) is 3.43. The van der Waals surface area contributed by atoms with Crippen LogP contribution in [0.1, 0.15) is 28.0 Å². The molecule has 3 aromatic rings. The summed E-state index contributed by atoms with van der Waals surface area (Å²) in [5, 5.41) is 0. The van der Waals surface area contributed by atoms with E-state index < -0.39 is 0 Å². The number of rotatable bonds is 5. The topological polar surface area (TPSA) is 54.8 Å². The van der Waals surface area contributed by atoms with Gasteiger partial charge in [0.25, 0.3) is 11.5 Å². The van der Waals surface area contributed by atoms with E-state index in [-0.39, 0.29) is 11.5 Å². The molecule has 2 aromatic carbocycles. The molecule has 0 atom stereocenters. The minimum atomic E-state index is -0.0143. The standard InChI is InChI=1S/C27H29N3O3/c1-33-24-12-6-5-10-21(24)19-28-14-16-29(17-15-28)27(32)26-22(20-8-3-2-4-9-20)18-25(31)30-13-7-11-23(26)30/h2-6,8-10,12,18H,7,11,13-17,19H2,1H3. The molecule has 0 aliphatic carbocycles. The predicted molar refractivity (Wildman–Crippen MR) is 129 cm³/mol. The number of carbonyl (C=O) groups excluding carboxylic acids is 1. The summed E-state index contributed by atoms with van der Waals surface area (Å²) in [6.45, 7) is 4.44. The van der Waals surface area contributed by atoms with Gasteiger partial charge in [-0.25, -0.2) is 0 Å². The van der Waals surface area contributed by atoms with Crippen LogP contribution in [-0.2, 0) is 19.5 Å². The number of para-hydroxylation sites is 1. The Morgan fingerprint density at radius 3 is 2.42 bits per heavy atom. The van der Waals surface area contributed by atoms with E-state index >= 15 is 0 Å². The van der Waals surface area contributed by atoms with Gasteiger partial charge in [-0.2, -0.15) is 0 Å². The van der Waals surface area contributed by atoms with Crippen LogP contribution >= 0.6 is 0 Å². The smallest absolute Gasteiger partial charge is 0.256 e. The first kappa shape index (κ1) is 21.5. The number of carbonyl (C=O) groups is 1. The Bertz CT molecular complexity index is 1210. The molecule has 0 radical (unpaired) electrons. The highest BCUT2D eigenvalue weighted by Gasteiger charge is 2.30. The van der Waals surface area contributed by atoms with Crippen LogP contribution in [0.15, 0.2) is 65.5 Å². The largest absolute Gasteiger partial charge is 0.496 e. The summed E-state index contributed by atoms with van der Waals surface area (Å²) in [6, 6.07) is 19.5. The fourth-order valence-corrected chi connectivity index (χ4v) is 5.03. The van der Waals surface area contributed by atoms with Crippen LogP contribution in [0.5, 0.6) is 5.75 Å². The molecule has 2 aliphatic heterocycles. The number of hydrogen-bond acceptors (Lipinski definition) is 4. The van der Waals surface area contributed by atoms with Crippen LogP contribution in [-0.4, -0.2) is 53.6 Å². The summed E-state index contributed by atoms with van der Waals surface area (Å²) in [7, 11) is 1.70.